The highest BCUT2D eigenvalue weighted by Crippen LogP contribution is 2.39. The molecule has 0 heterocycles. The number of benzene rings is 3. The van der Waals surface area contributed by atoms with Gasteiger partial charge in [0.2, 0.25) is 11.8 Å². The number of amides is 3. The van der Waals surface area contributed by atoms with E-state index >= 15 is 0 Å². The lowest BCUT2D eigenvalue weighted by molar-refractivity contribution is -0.133. The zero-order valence-corrected chi connectivity index (χ0v) is 23.4. The van der Waals surface area contributed by atoms with Crippen LogP contribution in [0.15, 0.2) is 103 Å². The van der Waals surface area contributed by atoms with Gasteiger partial charge >= 0.3 is 0 Å². The van der Waals surface area contributed by atoms with Gasteiger partial charge in [0.05, 0.1) is 0 Å². The van der Waals surface area contributed by atoms with Crippen molar-refractivity contribution in [2.24, 2.45) is 0 Å². The third kappa shape index (κ3) is 6.94. The predicted molar refractivity (Wildman–Crippen MR) is 161 cm³/mol. The maximum atomic E-state index is 14.5. The molecule has 0 aliphatic heterocycles. The molecule has 0 spiro atoms. The summed E-state index contributed by atoms with van der Waals surface area (Å²) in [6.45, 7) is 0. The van der Waals surface area contributed by atoms with Gasteiger partial charge < -0.3 is 16.0 Å². The van der Waals surface area contributed by atoms with Gasteiger partial charge in [0.15, 0.2) is 0 Å². The largest absolute Gasteiger partial charge is 0.352 e. The van der Waals surface area contributed by atoms with Gasteiger partial charge in [-0.3, -0.25) is 14.4 Å². The number of carbonyl (C=O) groups excluding carboxylic acids is 3. The van der Waals surface area contributed by atoms with Crippen LogP contribution in [-0.4, -0.2) is 35.3 Å². The fourth-order valence-corrected chi connectivity index (χ4v) is 6.16. The van der Waals surface area contributed by atoms with Crippen LogP contribution in [0.25, 0.3) is 0 Å². The van der Waals surface area contributed by atoms with Crippen molar-refractivity contribution in [1.29, 1.82) is 0 Å². The summed E-state index contributed by atoms with van der Waals surface area (Å²) in [6, 6.07) is 27.9. The van der Waals surface area contributed by atoms with Gasteiger partial charge in [-0.1, -0.05) is 110 Å². The second-order valence-electron chi connectivity index (χ2n) is 11.2. The summed E-state index contributed by atoms with van der Waals surface area (Å²) in [5.41, 5.74) is 1.13. The summed E-state index contributed by atoms with van der Waals surface area (Å²) in [7, 11) is 0. The standard InChI is InChI=1S/C35H39N3O3/c39-32(28-19-9-3-10-20-28)38-35(24-14-13-23-30(35)27-17-7-2-8-18-27)34(41)37-31(25-26-15-5-1-6-16-26)33(40)36-29-21-11-4-12-22-29/h1-3,5-10,13-20,29-31H,4,11-12,21-25H2,(H,36,40)(H,37,41)(H,38,39)/t30-,31+,35-/m1/s1. The molecule has 6 nitrogen and oxygen atoms in total. The van der Waals surface area contributed by atoms with Crippen molar-refractivity contribution in [3.63, 3.8) is 0 Å². The van der Waals surface area contributed by atoms with Crippen LogP contribution in [0.2, 0.25) is 0 Å². The Bertz CT molecular complexity index is 1340. The van der Waals surface area contributed by atoms with Crippen molar-refractivity contribution in [3.05, 3.63) is 120 Å². The van der Waals surface area contributed by atoms with E-state index in [1.54, 1.807) is 12.1 Å². The van der Waals surface area contributed by atoms with Crippen LogP contribution in [0.4, 0.5) is 0 Å². The van der Waals surface area contributed by atoms with E-state index in [0.29, 0.717) is 24.8 Å². The average molecular weight is 550 g/mol. The number of hydrogen-bond donors (Lipinski definition) is 3. The van der Waals surface area contributed by atoms with E-state index in [1.165, 1.54) is 6.42 Å². The zero-order chi connectivity index (χ0) is 28.5. The molecule has 0 bridgehead atoms. The Labute approximate surface area is 242 Å². The van der Waals surface area contributed by atoms with Crippen LogP contribution in [-0.2, 0) is 16.0 Å². The first-order valence-corrected chi connectivity index (χ1v) is 14.8. The maximum absolute atomic E-state index is 14.5. The maximum Gasteiger partial charge on any atom is 0.252 e. The average Bonchev–Trinajstić information content (AvgIpc) is 3.02. The van der Waals surface area contributed by atoms with Crippen LogP contribution in [0.5, 0.6) is 0 Å². The lowest BCUT2D eigenvalue weighted by atomic mass is 9.71. The fraction of sp³-hybridized carbons (Fsp3) is 0.343. The molecule has 0 saturated heterocycles. The second-order valence-corrected chi connectivity index (χ2v) is 11.2. The van der Waals surface area contributed by atoms with Gasteiger partial charge in [0.1, 0.15) is 11.6 Å². The van der Waals surface area contributed by atoms with Gasteiger partial charge in [0.25, 0.3) is 5.91 Å². The van der Waals surface area contributed by atoms with Crippen molar-refractivity contribution in [2.45, 2.75) is 74.9 Å². The Morgan fingerprint density at radius 1 is 0.780 bits per heavy atom. The molecule has 1 fully saturated rings. The van der Waals surface area contributed by atoms with E-state index in [0.717, 1.165) is 36.8 Å². The minimum Gasteiger partial charge on any atom is -0.352 e. The van der Waals surface area contributed by atoms with Gasteiger partial charge in [-0.25, -0.2) is 0 Å². The lowest BCUT2D eigenvalue weighted by Gasteiger charge is -2.42. The van der Waals surface area contributed by atoms with Gasteiger partial charge in [0, 0.05) is 23.9 Å². The van der Waals surface area contributed by atoms with E-state index < -0.39 is 11.6 Å². The third-order valence-electron chi connectivity index (χ3n) is 8.41. The van der Waals surface area contributed by atoms with Crippen LogP contribution < -0.4 is 16.0 Å². The molecule has 3 N–H and O–H groups in total. The van der Waals surface area contributed by atoms with Crippen molar-refractivity contribution in [1.82, 2.24) is 16.0 Å². The quantitative estimate of drug-likeness (QED) is 0.310. The van der Waals surface area contributed by atoms with Crippen molar-refractivity contribution in [2.75, 3.05) is 0 Å². The predicted octanol–water partition coefficient (Wildman–Crippen LogP) is 5.47. The Kier molecular flexibility index (Phi) is 9.29. The van der Waals surface area contributed by atoms with Crippen molar-refractivity contribution < 1.29 is 14.4 Å². The third-order valence-corrected chi connectivity index (χ3v) is 8.41. The highest BCUT2D eigenvalue weighted by atomic mass is 16.2. The molecule has 212 valence electrons. The normalized spacial score (nSPS) is 21.4. The van der Waals surface area contributed by atoms with Crippen molar-refractivity contribution in [3.8, 4) is 0 Å². The molecule has 0 aromatic heterocycles. The Morgan fingerprint density at radius 2 is 1.41 bits per heavy atom. The number of hydrogen-bond acceptors (Lipinski definition) is 3. The molecule has 0 radical (unpaired) electrons. The monoisotopic (exact) mass is 549 g/mol. The molecule has 3 aromatic rings. The molecule has 0 unspecified atom stereocenters. The molecule has 41 heavy (non-hydrogen) atoms. The summed E-state index contributed by atoms with van der Waals surface area (Å²) in [4.78, 5) is 41.8. The first-order chi connectivity index (χ1) is 20.0. The summed E-state index contributed by atoms with van der Waals surface area (Å²) >= 11 is 0. The van der Waals surface area contributed by atoms with E-state index in [1.807, 2.05) is 84.9 Å². The number of allylic oxidation sites excluding steroid dienone is 1. The summed E-state index contributed by atoms with van der Waals surface area (Å²) in [5.74, 6) is -1.15. The molecule has 3 atom stereocenters. The minimum absolute atomic E-state index is 0.118. The summed E-state index contributed by atoms with van der Waals surface area (Å²) in [5, 5.41) is 9.49. The molecule has 5 rings (SSSR count). The molecule has 2 aliphatic carbocycles. The Balaban J connectivity index is 1.47. The van der Waals surface area contributed by atoms with Gasteiger partial charge in [-0.05, 0) is 48.9 Å². The van der Waals surface area contributed by atoms with Gasteiger partial charge in [-0.15, -0.1) is 0 Å². The Hall–Kier alpha value is -4.19. The molecule has 2 aliphatic rings. The van der Waals surface area contributed by atoms with E-state index in [4.69, 9.17) is 0 Å². The topological polar surface area (TPSA) is 87.3 Å². The van der Waals surface area contributed by atoms with Crippen molar-refractivity contribution >= 4 is 17.7 Å². The van der Waals surface area contributed by atoms with E-state index in [2.05, 4.69) is 22.0 Å². The number of carbonyl (C=O) groups is 3. The molecule has 3 aromatic carbocycles. The lowest BCUT2D eigenvalue weighted by Crippen LogP contribution is -2.65. The van der Waals surface area contributed by atoms with Crippen LogP contribution >= 0.6 is 0 Å². The zero-order valence-electron chi connectivity index (χ0n) is 23.4. The van der Waals surface area contributed by atoms with Crippen LogP contribution in [0.3, 0.4) is 0 Å². The number of rotatable bonds is 9. The van der Waals surface area contributed by atoms with Crippen LogP contribution in [0.1, 0.15) is 72.3 Å². The molecule has 6 heteroatoms. The first kappa shape index (κ1) is 28.3. The second kappa shape index (κ2) is 13.4. The molecular formula is C35H39N3O3. The van der Waals surface area contributed by atoms with E-state index in [-0.39, 0.29) is 29.7 Å². The smallest absolute Gasteiger partial charge is 0.252 e. The number of nitrogens with one attached hydrogen (secondary N) is 3. The van der Waals surface area contributed by atoms with Crippen LogP contribution in [0, 0.1) is 0 Å². The summed E-state index contributed by atoms with van der Waals surface area (Å²) < 4.78 is 0. The Morgan fingerprint density at radius 3 is 2.10 bits per heavy atom. The highest BCUT2D eigenvalue weighted by Gasteiger charge is 2.48. The SMILES string of the molecule is O=C(N[C@]1(C(=O)N[C@@H](Cc2ccccc2)C(=O)NC2CCCCC2)CC=CC[C@@H]1c1ccccc1)c1ccccc1. The van der Waals surface area contributed by atoms with Gasteiger partial charge in [-0.2, -0.15) is 0 Å². The summed E-state index contributed by atoms with van der Waals surface area (Å²) in [6.07, 6.45) is 10.6. The molecule has 1 saturated carbocycles. The highest BCUT2D eigenvalue weighted by molar-refractivity contribution is 6.01. The fourth-order valence-electron chi connectivity index (χ4n) is 6.16. The molecule has 3 amide bonds. The van der Waals surface area contributed by atoms with E-state index in [9.17, 15) is 14.4 Å². The minimum atomic E-state index is -1.27. The molecular weight excluding hydrogens is 510 g/mol. The first-order valence-electron chi connectivity index (χ1n) is 14.8.